The highest BCUT2D eigenvalue weighted by molar-refractivity contribution is 6.68. The molecule has 3 rings (SSSR count). The Morgan fingerprint density at radius 3 is 2.79 bits per heavy atom. The number of aliphatic imine (C=N–C) groups is 4. The molecule has 0 unspecified atom stereocenters. The Bertz CT molecular complexity index is 701. The normalized spacial score (nSPS) is 16.7. The van der Waals surface area contributed by atoms with Gasteiger partial charge in [0.15, 0.2) is 11.7 Å². The maximum Gasteiger partial charge on any atom is 0.369 e. The van der Waals surface area contributed by atoms with Crippen LogP contribution in [0.15, 0.2) is 38.2 Å². The highest BCUT2D eigenvalue weighted by Gasteiger charge is 2.23. The Balaban J connectivity index is 2.08. The van der Waals surface area contributed by atoms with Crippen LogP contribution in [-0.4, -0.2) is 41.8 Å². The Morgan fingerprint density at radius 2 is 2.00 bits per heavy atom. The van der Waals surface area contributed by atoms with E-state index in [2.05, 4.69) is 20.0 Å². The van der Waals surface area contributed by atoms with Crippen LogP contribution in [0.3, 0.4) is 0 Å². The number of phenolic OH excluding ortho intramolecular Hbond substituents is 1. The Morgan fingerprint density at radius 1 is 1.16 bits per heavy atom. The van der Waals surface area contributed by atoms with Crippen LogP contribution in [0.5, 0.6) is 11.5 Å². The van der Waals surface area contributed by atoms with E-state index in [-0.39, 0.29) is 11.6 Å². The lowest BCUT2D eigenvalue weighted by Gasteiger charge is -2.06. The fraction of sp³-hybridized carbons (Fsp3) is 0.0833. The van der Waals surface area contributed by atoms with Gasteiger partial charge in [0.05, 0.1) is 18.9 Å². The minimum absolute atomic E-state index is 0.0818. The number of amides is 2. The lowest BCUT2D eigenvalue weighted by atomic mass is 10.2. The smallest absolute Gasteiger partial charge is 0.369 e. The highest BCUT2D eigenvalue weighted by Crippen LogP contribution is 2.26. The molecule has 7 heteroatoms. The molecule has 0 radical (unpaired) electrons. The summed E-state index contributed by atoms with van der Waals surface area (Å²) in [5.74, 6) is 1.13. The lowest BCUT2D eigenvalue weighted by molar-refractivity contribution is 0.257. The molecular weight excluding hydrogens is 248 g/mol. The third-order valence-corrected chi connectivity index (χ3v) is 2.59. The molecule has 0 spiro atoms. The number of ether oxygens (including phenoxy) is 1. The third-order valence-electron chi connectivity index (χ3n) is 2.59. The quantitative estimate of drug-likeness (QED) is 0.861. The highest BCUT2D eigenvalue weighted by atomic mass is 16.5. The van der Waals surface area contributed by atoms with E-state index < -0.39 is 6.03 Å². The topological polar surface area (TPSA) is 96.0 Å². The van der Waals surface area contributed by atoms with Crippen molar-refractivity contribution >= 4 is 29.6 Å². The molecule has 19 heavy (non-hydrogen) atoms. The van der Waals surface area contributed by atoms with Gasteiger partial charge in [-0.25, -0.2) is 14.8 Å². The van der Waals surface area contributed by atoms with Gasteiger partial charge in [0, 0.05) is 6.07 Å². The maximum absolute atomic E-state index is 11.0. The predicted molar refractivity (Wildman–Crippen MR) is 70.0 cm³/mol. The van der Waals surface area contributed by atoms with E-state index in [9.17, 15) is 9.90 Å². The molecular formula is C12H8N4O3. The number of nitrogens with zero attached hydrogens (tertiary/aromatic N) is 4. The first-order valence-corrected chi connectivity index (χ1v) is 5.39. The number of aromatic hydroxyl groups is 1. The number of urea groups is 1. The molecule has 1 aromatic carbocycles. The van der Waals surface area contributed by atoms with Crippen LogP contribution >= 0.6 is 0 Å². The van der Waals surface area contributed by atoms with E-state index in [1.807, 2.05) is 0 Å². The van der Waals surface area contributed by atoms with Gasteiger partial charge in [0.1, 0.15) is 17.2 Å². The molecule has 1 aromatic rings. The van der Waals surface area contributed by atoms with Crippen LogP contribution in [0.2, 0.25) is 0 Å². The third kappa shape index (κ3) is 1.90. The standard InChI is InChI=1S/C12H8N4O3/c1-19-9-4-6(17)2-3-7(9)10-14-8-5-13-12(18)16-11(8)15-10/h2-5,17H,1H3. The van der Waals surface area contributed by atoms with Gasteiger partial charge in [-0.15, -0.1) is 0 Å². The molecule has 0 atom stereocenters. The Labute approximate surface area is 107 Å². The van der Waals surface area contributed by atoms with Crippen molar-refractivity contribution in [3.63, 3.8) is 0 Å². The van der Waals surface area contributed by atoms with Crippen LogP contribution in [0.4, 0.5) is 4.79 Å². The molecule has 7 nitrogen and oxygen atoms in total. The second-order valence-corrected chi connectivity index (χ2v) is 3.79. The fourth-order valence-corrected chi connectivity index (χ4v) is 1.74. The summed E-state index contributed by atoms with van der Waals surface area (Å²) in [5.41, 5.74) is 1.04. The molecule has 94 valence electrons. The second-order valence-electron chi connectivity index (χ2n) is 3.79. The summed E-state index contributed by atoms with van der Waals surface area (Å²) in [6, 6.07) is 4.00. The maximum atomic E-state index is 11.0. The number of rotatable bonds is 2. The average Bonchev–Trinajstić information content (AvgIpc) is 2.81. The summed E-state index contributed by atoms with van der Waals surface area (Å²) in [7, 11) is 1.48. The Hall–Kier alpha value is -2.83. The predicted octanol–water partition coefficient (Wildman–Crippen LogP) is 1.20. The first-order valence-electron chi connectivity index (χ1n) is 5.39. The molecule has 2 aliphatic heterocycles. The summed E-state index contributed by atoms with van der Waals surface area (Å²) in [4.78, 5) is 26.6. The van der Waals surface area contributed by atoms with Gasteiger partial charge in [0.25, 0.3) is 0 Å². The van der Waals surface area contributed by atoms with E-state index in [4.69, 9.17) is 4.74 Å². The number of hydrogen-bond acceptors (Lipinski definition) is 5. The zero-order valence-electron chi connectivity index (χ0n) is 9.86. The van der Waals surface area contributed by atoms with E-state index in [1.54, 1.807) is 6.07 Å². The summed E-state index contributed by atoms with van der Waals surface area (Å²) in [6.45, 7) is 0. The summed E-state index contributed by atoms with van der Waals surface area (Å²) >= 11 is 0. The van der Waals surface area contributed by atoms with Crippen molar-refractivity contribution < 1.29 is 14.6 Å². The van der Waals surface area contributed by atoms with Gasteiger partial charge >= 0.3 is 6.03 Å². The van der Waals surface area contributed by atoms with Crippen LogP contribution in [-0.2, 0) is 0 Å². The number of phenols is 1. The van der Waals surface area contributed by atoms with Crippen molar-refractivity contribution in [1.82, 2.24) is 0 Å². The molecule has 2 aliphatic rings. The molecule has 0 saturated heterocycles. The van der Waals surface area contributed by atoms with E-state index in [1.165, 1.54) is 25.5 Å². The van der Waals surface area contributed by atoms with Crippen molar-refractivity contribution in [2.75, 3.05) is 7.11 Å². The first-order chi connectivity index (χ1) is 9.17. The fourth-order valence-electron chi connectivity index (χ4n) is 1.74. The molecule has 0 saturated carbocycles. The first kappa shape index (κ1) is 11.3. The van der Waals surface area contributed by atoms with Gasteiger partial charge < -0.3 is 9.84 Å². The minimum Gasteiger partial charge on any atom is -0.508 e. The molecule has 0 aromatic heterocycles. The van der Waals surface area contributed by atoms with Crippen molar-refractivity contribution in [3.05, 3.63) is 23.8 Å². The SMILES string of the molecule is COc1cc(O)ccc1C1=NC2=NC(=O)N=CC2=N1. The largest absolute Gasteiger partial charge is 0.508 e. The number of carbonyl (C=O) groups is 1. The van der Waals surface area contributed by atoms with Gasteiger partial charge in [0.2, 0.25) is 0 Å². The van der Waals surface area contributed by atoms with Crippen LogP contribution < -0.4 is 4.74 Å². The van der Waals surface area contributed by atoms with Crippen LogP contribution in [0.1, 0.15) is 5.56 Å². The molecule has 1 N–H and O–H groups in total. The molecule has 0 aliphatic carbocycles. The van der Waals surface area contributed by atoms with E-state index in [0.29, 0.717) is 22.9 Å². The molecule has 2 amide bonds. The van der Waals surface area contributed by atoms with Crippen molar-refractivity contribution in [3.8, 4) is 11.5 Å². The van der Waals surface area contributed by atoms with Gasteiger partial charge in [-0.1, -0.05) is 0 Å². The van der Waals surface area contributed by atoms with Crippen molar-refractivity contribution in [1.29, 1.82) is 0 Å². The Kier molecular flexibility index (Phi) is 2.45. The molecule has 0 bridgehead atoms. The average molecular weight is 256 g/mol. The van der Waals surface area contributed by atoms with Gasteiger partial charge in [-0.3, -0.25) is 0 Å². The zero-order valence-corrected chi connectivity index (χ0v) is 9.86. The summed E-state index contributed by atoms with van der Waals surface area (Å²) in [6.07, 6.45) is 1.33. The number of methoxy groups -OCH3 is 1. The molecule has 2 heterocycles. The number of hydrogen-bond donors (Lipinski definition) is 1. The lowest BCUT2D eigenvalue weighted by Crippen LogP contribution is -2.16. The van der Waals surface area contributed by atoms with E-state index >= 15 is 0 Å². The summed E-state index contributed by atoms with van der Waals surface area (Å²) in [5, 5.41) is 9.41. The van der Waals surface area contributed by atoms with Gasteiger partial charge in [-0.2, -0.15) is 9.98 Å². The monoisotopic (exact) mass is 256 g/mol. The van der Waals surface area contributed by atoms with Crippen LogP contribution in [0.25, 0.3) is 0 Å². The minimum atomic E-state index is -0.600. The number of benzene rings is 1. The van der Waals surface area contributed by atoms with Crippen LogP contribution in [0, 0.1) is 0 Å². The second kappa shape index (κ2) is 4.13. The number of amidine groups is 2. The number of carbonyl (C=O) groups excluding carboxylic acids is 1. The van der Waals surface area contributed by atoms with E-state index in [0.717, 1.165) is 0 Å². The number of fused-ring (bicyclic) bond motifs is 1. The van der Waals surface area contributed by atoms with Crippen molar-refractivity contribution in [2.45, 2.75) is 0 Å². The zero-order chi connectivity index (χ0) is 13.4. The molecule has 0 fully saturated rings. The van der Waals surface area contributed by atoms with Gasteiger partial charge in [-0.05, 0) is 12.1 Å². The van der Waals surface area contributed by atoms with Crippen molar-refractivity contribution in [2.24, 2.45) is 20.0 Å². The summed E-state index contributed by atoms with van der Waals surface area (Å²) < 4.78 is 5.16.